The fourth-order valence-corrected chi connectivity index (χ4v) is 3.13. The lowest BCUT2D eigenvalue weighted by Crippen LogP contribution is -2.44. The Morgan fingerprint density at radius 3 is 2.42 bits per heavy atom. The molecular formula is C20H27NO3. The summed E-state index contributed by atoms with van der Waals surface area (Å²) in [6, 6.07) is 11.6. The topological polar surface area (TPSA) is 47.6 Å². The van der Waals surface area contributed by atoms with Crippen molar-refractivity contribution in [2.75, 3.05) is 19.0 Å². The second kappa shape index (κ2) is 7.67. The van der Waals surface area contributed by atoms with Gasteiger partial charge in [0.15, 0.2) is 0 Å². The van der Waals surface area contributed by atoms with E-state index in [2.05, 4.69) is 19.2 Å². The molecule has 1 amide bonds. The molecule has 0 spiro atoms. The number of anilines is 1. The van der Waals surface area contributed by atoms with Crippen LogP contribution in [0.2, 0.25) is 0 Å². The van der Waals surface area contributed by atoms with E-state index < -0.39 is 5.60 Å². The summed E-state index contributed by atoms with van der Waals surface area (Å²) in [5.74, 6) is 1.03. The van der Waals surface area contributed by atoms with Gasteiger partial charge in [-0.1, -0.05) is 38.1 Å². The number of carbonyl (C=O) groups is 1. The van der Waals surface area contributed by atoms with Gasteiger partial charge in [-0.15, -0.1) is 0 Å². The molecule has 4 nitrogen and oxygen atoms in total. The first-order valence-electron chi connectivity index (χ1n) is 8.42. The lowest BCUT2D eigenvalue weighted by Gasteiger charge is -2.30. The largest absolute Gasteiger partial charge is 0.496 e. The fraction of sp³-hybridized carbons (Fsp3) is 0.450. The van der Waals surface area contributed by atoms with Crippen molar-refractivity contribution in [1.82, 2.24) is 0 Å². The number of hydrogen-bond acceptors (Lipinski definition) is 3. The Morgan fingerprint density at radius 2 is 1.83 bits per heavy atom. The summed E-state index contributed by atoms with van der Waals surface area (Å²) < 4.78 is 11.2. The average molecular weight is 329 g/mol. The third-order valence-corrected chi connectivity index (χ3v) is 4.09. The molecule has 0 aliphatic heterocycles. The van der Waals surface area contributed by atoms with Crippen LogP contribution in [-0.4, -0.2) is 25.2 Å². The first kappa shape index (κ1) is 18.3. The zero-order valence-electron chi connectivity index (χ0n) is 15.2. The number of carbonyl (C=O) groups excluding carboxylic acids is 1. The van der Waals surface area contributed by atoms with Crippen molar-refractivity contribution in [3.63, 3.8) is 0 Å². The summed E-state index contributed by atoms with van der Waals surface area (Å²) in [4.78, 5) is 12.9. The van der Waals surface area contributed by atoms with E-state index in [0.717, 1.165) is 22.2 Å². The molecule has 0 aliphatic rings. The summed E-state index contributed by atoms with van der Waals surface area (Å²) in [7, 11) is 1.65. The Morgan fingerprint density at radius 1 is 1.17 bits per heavy atom. The minimum atomic E-state index is -0.843. The lowest BCUT2D eigenvalue weighted by atomic mass is 9.92. The van der Waals surface area contributed by atoms with Gasteiger partial charge >= 0.3 is 0 Å². The highest BCUT2D eigenvalue weighted by Gasteiger charge is 2.35. The number of rotatable bonds is 7. The molecule has 0 fully saturated rings. The Hall–Kier alpha value is -2.07. The van der Waals surface area contributed by atoms with Crippen molar-refractivity contribution in [3.05, 3.63) is 36.4 Å². The number of benzene rings is 2. The maximum Gasteiger partial charge on any atom is 0.256 e. The number of fused-ring (bicyclic) bond motifs is 1. The highest BCUT2D eigenvalue weighted by Crippen LogP contribution is 2.32. The summed E-state index contributed by atoms with van der Waals surface area (Å²) >= 11 is 0. The Kier molecular flexibility index (Phi) is 5.84. The van der Waals surface area contributed by atoms with E-state index in [0.29, 0.717) is 18.9 Å². The molecule has 4 heteroatoms. The number of ether oxygens (including phenoxy) is 2. The van der Waals surface area contributed by atoms with Crippen LogP contribution in [0.15, 0.2) is 36.4 Å². The molecule has 1 N–H and O–H groups in total. The van der Waals surface area contributed by atoms with Gasteiger partial charge in [0.25, 0.3) is 5.91 Å². The van der Waals surface area contributed by atoms with Crippen molar-refractivity contribution < 1.29 is 14.3 Å². The van der Waals surface area contributed by atoms with E-state index in [-0.39, 0.29) is 5.91 Å². The molecule has 0 aromatic heterocycles. The van der Waals surface area contributed by atoms with Crippen LogP contribution in [0.4, 0.5) is 5.69 Å². The van der Waals surface area contributed by atoms with E-state index in [9.17, 15) is 4.79 Å². The quantitative estimate of drug-likeness (QED) is 0.806. The van der Waals surface area contributed by atoms with Crippen molar-refractivity contribution in [3.8, 4) is 5.75 Å². The molecule has 0 heterocycles. The third-order valence-electron chi connectivity index (χ3n) is 4.09. The summed E-state index contributed by atoms with van der Waals surface area (Å²) in [5.41, 5.74) is -0.0738. The molecule has 0 bridgehead atoms. The molecular weight excluding hydrogens is 302 g/mol. The second-order valence-corrected chi connectivity index (χ2v) is 6.58. The Bertz CT molecular complexity index is 711. The summed E-state index contributed by atoms with van der Waals surface area (Å²) in [6.07, 6.45) is 0.667. The Labute approximate surface area is 144 Å². The van der Waals surface area contributed by atoms with Crippen LogP contribution in [0, 0.1) is 5.92 Å². The number of nitrogens with one attached hydrogen (secondary N) is 1. The van der Waals surface area contributed by atoms with E-state index in [4.69, 9.17) is 9.47 Å². The molecule has 0 saturated heterocycles. The SMILES string of the molecule is CCO[C@](C)(CC(C)C)C(=O)Nc1ccc(OC)c2ccccc12. The monoisotopic (exact) mass is 329 g/mol. The molecule has 0 unspecified atom stereocenters. The molecule has 1 atom stereocenters. The average Bonchev–Trinajstić information content (AvgIpc) is 2.54. The molecule has 0 saturated carbocycles. The van der Waals surface area contributed by atoms with Gasteiger partial charge in [0.05, 0.1) is 7.11 Å². The maximum absolute atomic E-state index is 12.9. The van der Waals surface area contributed by atoms with E-state index in [1.807, 2.05) is 50.2 Å². The van der Waals surface area contributed by atoms with Gasteiger partial charge in [-0.05, 0) is 38.3 Å². The number of amides is 1. The standard InChI is InChI=1S/C20H27NO3/c1-6-24-20(4,13-14(2)3)19(22)21-17-11-12-18(23-5)16-10-8-7-9-15(16)17/h7-12,14H,6,13H2,1-5H3,(H,21,22)/t20-/m1/s1. The smallest absolute Gasteiger partial charge is 0.256 e. The van der Waals surface area contributed by atoms with Crippen molar-refractivity contribution in [2.24, 2.45) is 5.92 Å². The molecule has 24 heavy (non-hydrogen) atoms. The maximum atomic E-state index is 12.9. The van der Waals surface area contributed by atoms with Gasteiger partial charge in [0.2, 0.25) is 0 Å². The summed E-state index contributed by atoms with van der Waals surface area (Å²) in [6.45, 7) is 8.45. The van der Waals surface area contributed by atoms with E-state index in [1.54, 1.807) is 7.11 Å². The molecule has 130 valence electrons. The van der Waals surface area contributed by atoms with Crippen LogP contribution >= 0.6 is 0 Å². The van der Waals surface area contributed by atoms with Crippen LogP contribution in [0.3, 0.4) is 0 Å². The zero-order valence-corrected chi connectivity index (χ0v) is 15.2. The highest BCUT2D eigenvalue weighted by molar-refractivity contribution is 6.06. The number of methoxy groups -OCH3 is 1. The minimum absolute atomic E-state index is 0.117. The normalized spacial score (nSPS) is 13.8. The lowest BCUT2D eigenvalue weighted by molar-refractivity contribution is -0.140. The van der Waals surface area contributed by atoms with Gasteiger partial charge < -0.3 is 14.8 Å². The number of hydrogen-bond donors (Lipinski definition) is 1. The molecule has 2 aromatic carbocycles. The van der Waals surface area contributed by atoms with Gasteiger partial charge in [-0.25, -0.2) is 0 Å². The minimum Gasteiger partial charge on any atom is -0.496 e. The predicted octanol–water partition coefficient (Wildman–Crippen LogP) is 4.63. The van der Waals surface area contributed by atoms with Crippen molar-refractivity contribution in [1.29, 1.82) is 0 Å². The van der Waals surface area contributed by atoms with Crippen LogP contribution < -0.4 is 10.1 Å². The second-order valence-electron chi connectivity index (χ2n) is 6.58. The third kappa shape index (κ3) is 3.88. The van der Waals surface area contributed by atoms with Gasteiger partial charge in [0.1, 0.15) is 11.4 Å². The van der Waals surface area contributed by atoms with Crippen LogP contribution in [0.1, 0.15) is 34.1 Å². The molecule has 2 rings (SSSR count). The van der Waals surface area contributed by atoms with Crippen molar-refractivity contribution >= 4 is 22.4 Å². The van der Waals surface area contributed by atoms with E-state index >= 15 is 0 Å². The van der Waals surface area contributed by atoms with Crippen LogP contribution in [-0.2, 0) is 9.53 Å². The fourth-order valence-electron chi connectivity index (χ4n) is 3.13. The van der Waals surface area contributed by atoms with Crippen LogP contribution in [0.5, 0.6) is 5.75 Å². The van der Waals surface area contributed by atoms with Gasteiger partial charge in [-0.2, -0.15) is 0 Å². The van der Waals surface area contributed by atoms with Crippen molar-refractivity contribution in [2.45, 2.75) is 39.7 Å². The first-order valence-corrected chi connectivity index (χ1v) is 8.42. The van der Waals surface area contributed by atoms with Gasteiger partial charge in [0, 0.05) is 23.1 Å². The molecule has 0 radical (unpaired) electrons. The molecule has 2 aromatic rings. The Balaban J connectivity index is 2.36. The zero-order chi connectivity index (χ0) is 17.7. The van der Waals surface area contributed by atoms with E-state index in [1.165, 1.54) is 0 Å². The molecule has 0 aliphatic carbocycles. The highest BCUT2D eigenvalue weighted by atomic mass is 16.5. The summed E-state index contributed by atoms with van der Waals surface area (Å²) in [5, 5.41) is 4.97. The van der Waals surface area contributed by atoms with Gasteiger partial charge in [-0.3, -0.25) is 4.79 Å². The first-order chi connectivity index (χ1) is 11.4. The predicted molar refractivity (Wildman–Crippen MR) is 98.6 cm³/mol. The van der Waals surface area contributed by atoms with Crippen LogP contribution in [0.25, 0.3) is 10.8 Å².